The lowest BCUT2D eigenvalue weighted by Gasteiger charge is -2.71. The van der Waals surface area contributed by atoms with Gasteiger partial charge in [-0.15, -0.1) is 0 Å². The van der Waals surface area contributed by atoms with Crippen molar-refractivity contribution in [3.63, 3.8) is 0 Å². The van der Waals surface area contributed by atoms with Crippen LogP contribution in [0.5, 0.6) is 0 Å². The van der Waals surface area contributed by atoms with Gasteiger partial charge in [0, 0.05) is 0 Å². The van der Waals surface area contributed by atoms with Gasteiger partial charge in [-0.1, -0.05) is 46.3 Å². The number of fused-ring (bicyclic) bond motifs is 5. The fourth-order valence-corrected chi connectivity index (χ4v) is 14.8. The lowest BCUT2D eigenvalue weighted by molar-refractivity contribution is -0.350. The van der Waals surface area contributed by atoms with Crippen molar-refractivity contribution >= 4 is 0 Å². The molecule has 18 nitrogen and oxygen atoms in total. The predicted octanol–water partition coefficient (Wildman–Crippen LogP) is -0.0268. The SMILES string of the molecule is CC(C)=CCC[C@](C)(O[C@@H]1O[C@H](CO[C@@H]2O[C@H](CO)[C@@H](O)[C@H](O)[C@H]2O)[C@@H](O)[C@H](O)[C@H]1O)[C@H]1CC[C@]2(C)C1[C@H](O)C[C@@H]1[C@@]3(C)CC[C@H](O[C@@H]4O[C@H](CO)[C@@H](O)[C@H](O)[C@H]4O)C(C)(C)[C@@H]3CC[C@]12C. The first-order valence-corrected chi connectivity index (χ1v) is 24.4. The summed E-state index contributed by atoms with van der Waals surface area (Å²) in [5.41, 5.74) is -1.06. The third-order valence-corrected chi connectivity index (χ3v) is 18.8. The molecular formula is C48H82O18. The van der Waals surface area contributed by atoms with Gasteiger partial charge < -0.3 is 89.7 Å². The van der Waals surface area contributed by atoms with Gasteiger partial charge in [-0.05, 0) is 124 Å². The van der Waals surface area contributed by atoms with Crippen LogP contribution >= 0.6 is 0 Å². The molecule has 3 saturated heterocycles. The van der Waals surface area contributed by atoms with Gasteiger partial charge in [0.05, 0.1) is 37.6 Å². The maximum Gasteiger partial charge on any atom is 0.187 e. The van der Waals surface area contributed by atoms with Crippen LogP contribution in [0.2, 0.25) is 0 Å². The molecular weight excluding hydrogens is 865 g/mol. The summed E-state index contributed by atoms with van der Waals surface area (Å²) in [7, 11) is 0. The monoisotopic (exact) mass is 947 g/mol. The molecule has 4 saturated carbocycles. The zero-order valence-electron chi connectivity index (χ0n) is 40.0. The molecule has 0 spiro atoms. The summed E-state index contributed by atoms with van der Waals surface area (Å²) in [5, 5.41) is 129. The van der Waals surface area contributed by atoms with Crippen molar-refractivity contribution in [1.29, 1.82) is 0 Å². The van der Waals surface area contributed by atoms with Crippen molar-refractivity contribution in [2.45, 2.75) is 223 Å². The second-order valence-corrected chi connectivity index (χ2v) is 22.9. The molecule has 25 atom stereocenters. The van der Waals surface area contributed by atoms with Crippen molar-refractivity contribution in [2.75, 3.05) is 19.8 Å². The molecule has 0 radical (unpaired) electrons. The van der Waals surface area contributed by atoms with Crippen LogP contribution in [0.15, 0.2) is 11.6 Å². The lowest BCUT2D eigenvalue weighted by Crippen LogP contribution is -2.67. The summed E-state index contributed by atoms with van der Waals surface area (Å²) < 4.78 is 36.6. The maximum absolute atomic E-state index is 12.7. The minimum absolute atomic E-state index is 0.133. The number of allylic oxidation sites excluding steroid dienone is 2. The average molecular weight is 947 g/mol. The van der Waals surface area contributed by atoms with E-state index in [-0.39, 0.29) is 46.0 Å². The molecule has 382 valence electrons. The summed E-state index contributed by atoms with van der Waals surface area (Å²) >= 11 is 0. The Hall–Kier alpha value is -0.980. The van der Waals surface area contributed by atoms with Crippen LogP contribution in [-0.2, 0) is 28.4 Å². The highest BCUT2D eigenvalue weighted by Gasteiger charge is 2.72. The van der Waals surface area contributed by atoms with Gasteiger partial charge in [-0.25, -0.2) is 0 Å². The molecule has 0 aromatic rings. The van der Waals surface area contributed by atoms with Crippen LogP contribution in [0.25, 0.3) is 0 Å². The first-order valence-electron chi connectivity index (χ1n) is 24.4. The fourth-order valence-electron chi connectivity index (χ4n) is 14.8. The van der Waals surface area contributed by atoms with E-state index in [1.807, 2.05) is 20.8 Å². The minimum atomic E-state index is -1.72. The maximum atomic E-state index is 12.7. The Morgan fingerprint density at radius 1 is 0.621 bits per heavy atom. The number of hydrogen-bond donors (Lipinski definition) is 12. The van der Waals surface area contributed by atoms with Crippen molar-refractivity contribution < 1.29 is 89.7 Å². The molecule has 7 aliphatic rings. The molecule has 12 N–H and O–H groups in total. The number of aliphatic hydroxyl groups is 12. The molecule has 0 amide bonds. The standard InChI is InChI=1S/C48H82O18/c1-22(2)10-9-14-48(8,66-43-40(60)37(57)34(54)27(64-43)21-61-41-38(58)35(55)32(52)25(19-49)62-41)23-11-16-47(7)31(23)24(51)18-29-45(5)15-13-30(44(3,4)28(45)12-17-46(29,47)6)65-42-39(59)36(56)33(53)26(20-50)63-42/h10,23-43,49-60H,9,11-21H2,1-8H3/t23-,24+,25+,26+,27+,28-,29+,30-,31?,32+,33+,34+,35-,36-,37-,38+,39+,40+,41+,42-,43-,45-,46+,47+,48-/m0/s1. The zero-order chi connectivity index (χ0) is 48.6. The van der Waals surface area contributed by atoms with Crippen LogP contribution in [0, 0.1) is 45.3 Å². The van der Waals surface area contributed by atoms with Gasteiger partial charge in [0.25, 0.3) is 0 Å². The van der Waals surface area contributed by atoms with Crippen LogP contribution < -0.4 is 0 Å². The fraction of sp³-hybridized carbons (Fsp3) is 0.958. The number of ether oxygens (including phenoxy) is 6. The summed E-state index contributed by atoms with van der Waals surface area (Å²) in [6, 6.07) is 0. The number of rotatable bonds is 13. The van der Waals surface area contributed by atoms with E-state index in [2.05, 4.69) is 40.7 Å². The van der Waals surface area contributed by atoms with Crippen molar-refractivity contribution in [3.05, 3.63) is 11.6 Å². The highest BCUT2D eigenvalue weighted by atomic mass is 16.7. The second-order valence-electron chi connectivity index (χ2n) is 22.9. The van der Waals surface area contributed by atoms with Crippen LogP contribution in [0.4, 0.5) is 0 Å². The van der Waals surface area contributed by atoms with E-state index in [0.29, 0.717) is 32.1 Å². The summed E-state index contributed by atoms with van der Waals surface area (Å²) in [6.45, 7) is 15.8. The summed E-state index contributed by atoms with van der Waals surface area (Å²) in [6.07, 6.45) is -14.9. The third kappa shape index (κ3) is 8.90. The molecule has 3 heterocycles. The molecule has 1 unspecified atom stereocenters. The largest absolute Gasteiger partial charge is 0.394 e. The van der Waals surface area contributed by atoms with E-state index >= 15 is 0 Å². The van der Waals surface area contributed by atoms with E-state index in [1.54, 1.807) is 0 Å². The van der Waals surface area contributed by atoms with Gasteiger partial charge in [0.15, 0.2) is 18.9 Å². The Kier molecular flexibility index (Phi) is 15.7. The van der Waals surface area contributed by atoms with E-state index < -0.39 is 129 Å². The Bertz CT molecular complexity index is 1680. The molecule has 7 rings (SSSR count). The predicted molar refractivity (Wildman–Crippen MR) is 234 cm³/mol. The van der Waals surface area contributed by atoms with Crippen LogP contribution in [0.3, 0.4) is 0 Å². The highest BCUT2D eigenvalue weighted by molar-refractivity contribution is 5.20. The van der Waals surface area contributed by atoms with Crippen molar-refractivity contribution in [3.8, 4) is 0 Å². The van der Waals surface area contributed by atoms with E-state index in [0.717, 1.165) is 31.3 Å². The molecule has 0 aromatic carbocycles. The Balaban J connectivity index is 1.11. The second kappa shape index (κ2) is 19.6. The summed E-state index contributed by atoms with van der Waals surface area (Å²) in [5.74, 6) is -0.128. The van der Waals surface area contributed by atoms with Gasteiger partial charge in [-0.2, -0.15) is 0 Å². The van der Waals surface area contributed by atoms with Gasteiger partial charge >= 0.3 is 0 Å². The molecule has 7 fully saturated rings. The Morgan fingerprint density at radius 2 is 1.15 bits per heavy atom. The summed E-state index contributed by atoms with van der Waals surface area (Å²) in [4.78, 5) is 0. The topological polar surface area (TPSA) is 298 Å². The Labute approximate surface area is 388 Å². The molecule has 4 aliphatic carbocycles. The molecule has 0 aromatic heterocycles. The van der Waals surface area contributed by atoms with Gasteiger partial charge in [0.1, 0.15) is 73.2 Å². The third-order valence-electron chi connectivity index (χ3n) is 18.8. The first-order chi connectivity index (χ1) is 30.8. The number of aliphatic hydroxyl groups excluding tert-OH is 12. The van der Waals surface area contributed by atoms with Crippen molar-refractivity contribution in [1.82, 2.24) is 0 Å². The van der Waals surface area contributed by atoms with Crippen molar-refractivity contribution in [2.24, 2.45) is 45.3 Å². The lowest BCUT2D eigenvalue weighted by atomic mass is 9.35. The Morgan fingerprint density at radius 3 is 1.74 bits per heavy atom. The van der Waals surface area contributed by atoms with E-state index in [1.165, 1.54) is 0 Å². The first kappa shape index (κ1) is 52.8. The van der Waals surface area contributed by atoms with E-state index in [4.69, 9.17) is 28.4 Å². The molecule has 18 heteroatoms. The molecule has 0 bridgehead atoms. The number of hydrogen-bond acceptors (Lipinski definition) is 18. The van der Waals surface area contributed by atoms with Gasteiger partial charge in [-0.3, -0.25) is 0 Å². The normalized spacial score (nSPS) is 52.4. The molecule has 66 heavy (non-hydrogen) atoms. The van der Waals surface area contributed by atoms with Crippen LogP contribution in [-0.4, -0.2) is 191 Å². The van der Waals surface area contributed by atoms with Crippen LogP contribution in [0.1, 0.15) is 113 Å². The minimum Gasteiger partial charge on any atom is -0.394 e. The van der Waals surface area contributed by atoms with Gasteiger partial charge in [0.2, 0.25) is 0 Å². The highest BCUT2D eigenvalue weighted by Crippen LogP contribution is 2.76. The zero-order valence-corrected chi connectivity index (χ0v) is 40.0. The quantitative estimate of drug-likeness (QED) is 0.0853. The average Bonchev–Trinajstić information content (AvgIpc) is 3.65. The van der Waals surface area contributed by atoms with E-state index in [9.17, 15) is 61.3 Å². The molecule has 3 aliphatic heterocycles. The smallest absolute Gasteiger partial charge is 0.187 e.